The van der Waals surface area contributed by atoms with Crippen LogP contribution in [0.1, 0.15) is 40.7 Å². The summed E-state index contributed by atoms with van der Waals surface area (Å²) >= 11 is 0. The molecular formula is C27H20F3N5O7. The molecule has 42 heavy (non-hydrogen) atoms. The Kier molecular flexibility index (Phi) is 7.10. The number of ether oxygens (including phenoxy) is 1. The van der Waals surface area contributed by atoms with Gasteiger partial charge in [0, 0.05) is 35.2 Å². The van der Waals surface area contributed by atoms with Gasteiger partial charge in [-0.15, -0.1) is 5.10 Å². The van der Waals surface area contributed by atoms with E-state index in [-0.39, 0.29) is 23.4 Å². The minimum Gasteiger partial charge on any atom is -0.439 e. The molecule has 0 spiro atoms. The molecule has 1 unspecified atom stereocenters. The van der Waals surface area contributed by atoms with Gasteiger partial charge in [-0.05, 0) is 37.1 Å². The third kappa shape index (κ3) is 5.23. The van der Waals surface area contributed by atoms with Crippen molar-refractivity contribution in [3.05, 3.63) is 104 Å². The van der Waals surface area contributed by atoms with Gasteiger partial charge in [-0.3, -0.25) is 10.1 Å². The first-order valence-corrected chi connectivity index (χ1v) is 12.4. The van der Waals surface area contributed by atoms with Crippen LogP contribution in [0.25, 0.3) is 22.2 Å². The van der Waals surface area contributed by atoms with Gasteiger partial charge in [0.1, 0.15) is 22.7 Å². The van der Waals surface area contributed by atoms with E-state index in [0.717, 1.165) is 35.1 Å². The van der Waals surface area contributed by atoms with E-state index in [9.17, 15) is 32.9 Å². The monoisotopic (exact) mass is 583 g/mol. The maximum Gasteiger partial charge on any atom is 0.434 e. The molecule has 0 bridgehead atoms. The first-order chi connectivity index (χ1) is 19.9. The van der Waals surface area contributed by atoms with Crippen molar-refractivity contribution in [3.8, 4) is 11.3 Å². The normalized spacial score (nSPS) is 13.2. The lowest BCUT2D eigenvalue weighted by molar-refractivity contribution is -0.384. The second-order valence-electron chi connectivity index (χ2n) is 9.31. The lowest BCUT2D eigenvalue weighted by atomic mass is 9.95. The second-order valence-corrected chi connectivity index (χ2v) is 9.31. The third-order valence-electron chi connectivity index (χ3n) is 6.55. The van der Waals surface area contributed by atoms with Crippen LogP contribution in [0.4, 0.5) is 18.9 Å². The molecule has 0 fully saturated rings. The standard InChI is InChI=1S/C27H20F3N5O7/c1-3-26(27(28,29)30,41-25(37)17-5-7-18(8-6-17)35(38)39)23-14-34(33-31-23)13-16-4-9-19-20(21-10-15(2)42-32-21)12-24(36)40-22(19)11-16/h4-12,14H,3,13H2,1-2H3. The summed E-state index contributed by atoms with van der Waals surface area (Å²) in [6.07, 6.45) is -4.80. The van der Waals surface area contributed by atoms with Crippen molar-refractivity contribution in [3.63, 3.8) is 0 Å². The van der Waals surface area contributed by atoms with E-state index in [1.165, 1.54) is 13.0 Å². The number of halogens is 3. The van der Waals surface area contributed by atoms with Crippen molar-refractivity contribution in [1.29, 1.82) is 0 Å². The third-order valence-corrected chi connectivity index (χ3v) is 6.55. The Morgan fingerprint density at radius 2 is 1.86 bits per heavy atom. The number of non-ortho nitro benzene ring substituents is 1. The molecule has 0 aliphatic heterocycles. The Balaban J connectivity index is 1.44. The van der Waals surface area contributed by atoms with Crippen molar-refractivity contribution >= 4 is 22.6 Å². The molecule has 0 radical (unpaired) electrons. The average molecular weight is 583 g/mol. The number of aryl methyl sites for hydroxylation is 1. The summed E-state index contributed by atoms with van der Waals surface area (Å²) in [5.41, 5.74) is -3.44. The van der Waals surface area contributed by atoms with Gasteiger partial charge in [0.25, 0.3) is 11.3 Å². The smallest absolute Gasteiger partial charge is 0.434 e. The van der Waals surface area contributed by atoms with Gasteiger partial charge in [0.15, 0.2) is 0 Å². The number of nitro groups is 1. The molecule has 0 saturated heterocycles. The Morgan fingerprint density at radius 3 is 2.48 bits per heavy atom. The fourth-order valence-electron chi connectivity index (χ4n) is 4.40. The van der Waals surface area contributed by atoms with E-state index in [2.05, 4.69) is 15.5 Å². The minimum atomic E-state index is -5.08. The van der Waals surface area contributed by atoms with Crippen LogP contribution in [0.15, 0.2) is 74.5 Å². The van der Waals surface area contributed by atoms with E-state index in [1.807, 2.05) is 0 Å². The van der Waals surface area contributed by atoms with Crippen molar-refractivity contribution < 1.29 is 36.6 Å². The topological polar surface area (TPSA) is 156 Å². The van der Waals surface area contributed by atoms with Gasteiger partial charge < -0.3 is 13.7 Å². The Labute approximate surface area is 233 Å². The van der Waals surface area contributed by atoms with Crippen molar-refractivity contribution in [2.75, 3.05) is 0 Å². The van der Waals surface area contributed by atoms with Crippen LogP contribution >= 0.6 is 0 Å². The largest absolute Gasteiger partial charge is 0.439 e. The molecule has 12 nitrogen and oxygen atoms in total. The van der Waals surface area contributed by atoms with E-state index in [1.54, 1.807) is 31.2 Å². The molecule has 0 aliphatic rings. The molecule has 0 aliphatic carbocycles. The number of hydrogen-bond donors (Lipinski definition) is 0. The molecule has 3 aromatic heterocycles. The molecule has 2 aromatic carbocycles. The number of aromatic nitrogens is 4. The number of carbonyl (C=O) groups is 1. The summed E-state index contributed by atoms with van der Waals surface area (Å²) in [5, 5.41) is 22.8. The highest BCUT2D eigenvalue weighted by Gasteiger charge is 2.60. The number of nitrogens with zero attached hydrogens (tertiary/aromatic N) is 5. The van der Waals surface area contributed by atoms with Crippen molar-refractivity contribution in [1.82, 2.24) is 20.2 Å². The number of carbonyl (C=O) groups excluding carboxylic acids is 1. The number of fused-ring (bicyclic) bond motifs is 1. The molecule has 3 heterocycles. The van der Waals surface area contributed by atoms with Crippen LogP contribution in [0.5, 0.6) is 0 Å². The second kappa shape index (κ2) is 10.6. The van der Waals surface area contributed by atoms with Crippen molar-refractivity contribution in [2.45, 2.75) is 38.6 Å². The first kappa shape index (κ1) is 28.2. The predicted octanol–water partition coefficient (Wildman–Crippen LogP) is 5.33. The Hall–Kier alpha value is -5.34. The molecule has 0 amide bonds. The van der Waals surface area contributed by atoms with E-state index >= 15 is 0 Å². The molecule has 5 rings (SSSR count). The maximum absolute atomic E-state index is 14.4. The lowest BCUT2D eigenvalue weighted by Crippen LogP contribution is -2.46. The summed E-state index contributed by atoms with van der Waals surface area (Å²) in [5.74, 6) is -0.799. The number of alkyl halides is 3. The molecule has 15 heteroatoms. The van der Waals surface area contributed by atoms with Gasteiger partial charge in [-0.25, -0.2) is 14.3 Å². The van der Waals surface area contributed by atoms with Crippen LogP contribution in [0, 0.1) is 17.0 Å². The number of nitro benzene ring substituents is 1. The van der Waals surface area contributed by atoms with Gasteiger partial charge in [-0.1, -0.05) is 29.4 Å². The van der Waals surface area contributed by atoms with Crippen LogP contribution in [-0.4, -0.2) is 37.2 Å². The summed E-state index contributed by atoms with van der Waals surface area (Å²) in [4.78, 5) is 35.1. The van der Waals surface area contributed by atoms with Gasteiger partial charge in [0.05, 0.1) is 23.2 Å². The highest BCUT2D eigenvalue weighted by molar-refractivity contribution is 5.92. The van der Waals surface area contributed by atoms with Crippen LogP contribution in [0.2, 0.25) is 0 Å². The van der Waals surface area contributed by atoms with Gasteiger partial charge in [0.2, 0.25) is 0 Å². The molecule has 5 aromatic rings. The molecule has 0 saturated carbocycles. The number of esters is 1. The van der Waals surface area contributed by atoms with Crippen molar-refractivity contribution in [2.24, 2.45) is 0 Å². The van der Waals surface area contributed by atoms with Gasteiger partial charge >= 0.3 is 17.8 Å². The van der Waals surface area contributed by atoms with E-state index in [4.69, 9.17) is 13.7 Å². The van der Waals surface area contributed by atoms with Crippen LogP contribution in [-0.2, 0) is 16.9 Å². The molecule has 0 N–H and O–H groups in total. The Morgan fingerprint density at radius 1 is 1.12 bits per heavy atom. The SMILES string of the molecule is CCC(OC(=O)c1ccc([N+](=O)[O-])cc1)(c1cn(Cc2ccc3c(-c4cc(C)on4)cc(=O)oc3c2)nn1)C(F)(F)F. The Bertz CT molecular complexity index is 1860. The highest BCUT2D eigenvalue weighted by atomic mass is 19.4. The van der Waals surface area contributed by atoms with Crippen LogP contribution < -0.4 is 5.63 Å². The summed E-state index contributed by atoms with van der Waals surface area (Å²) in [7, 11) is 0. The molecule has 1 atom stereocenters. The highest BCUT2D eigenvalue weighted by Crippen LogP contribution is 2.44. The van der Waals surface area contributed by atoms with E-state index in [0.29, 0.717) is 28.0 Å². The summed E-state index contributed by atoms with van der Waals surface area (Å²) in [6, 6.07) is 11.8. The molecular weight excluding hydrogens is 563 g/mol. The average Bonchev–Trinajstić information content (AvgIpc) is 3.59. The number of rotatable bonds is 8. The van der Waals surface area contributed by atoms with Gasteiger partial charge in [-0.2, -0.15) is 13.2 Å². The number of benzene rings is 2. The fourth-order valence-corrected chi connectivity index (χ4v) is 4.40. The quantitative estimate of drug-likeness (QED) is 0.101. The van der Waals surface area contributed by atoms with Crippen LogP contribution in [0.3, 0.4) is 0 Å². The first-order valence-electron chi connectivity index (χ1n) is 12.4. The number of hydrogen-bond acceptors (Lipinski definition) is 10. The molecule has 216 valence electrons. The zero-order valence-electron chi connectivity index (χ0n) is 21.9. The zero-order valence-corrected chi connectivity index (χ0v) is 21.9. The lowest BCUT2D eigenvalue weighted by Gasteiger charge is -2.32. The zero-order chi connectivity index (χ0) is 30.2. The maximum atomic E-state index is 14.4. The fraction of sp³-hybridized carbons (Fsp3) is 0.222. The van der Waals surface area contributed by atoms with E-state index < -0.39 is 40.4 Å². The summed E-state index contributed by atoms with van der Waals surface area (Å²) < 4.78 is 59.9. The predicted molar refractivity (Wildman–Crippen MR) is 138 cm³/mol. The summed E-state index contributed by atoms with van der Waals surface area (Å²) in [6.45, 7) is 2.82. The minimum absolute atomic E-state index is 0.0616.